The van der Waals surface area contributed by atoms with Crippen molar-refractivity contribution in [1.82, 2.24) is 4.98 Å². The molecule has 0 saturated carbocycles. The molecular formula is C30H27N3O2. The summed E-state index contributed by atoms with van der Waals surface area (Å²) >= 11 is 0. The summed E-state index contributed by atoms with van der Waals surface area (Å²) < 4.78 is 0. The minimum absolute atomic E-state index is 0.0235. The van der Waals surface area contributed by atoms with Crippen LogP contribution in [0.2, 0.25) is 0 Å². The van der Waals surface area contributed by atoms with E-state index in [1.165, 1.54) is 0 Å². The molecule has 0 bridgehead atoms. The Hall–Kier alpha value is -4.25. The van der Waals surface area contributed by atoms with Crippen LogP contribution in [0.3, 0.4) is 0 Å². The highest BCUT2D eigenvalue weighted by molar-refractivity contribution is 6.08. The van der Waals surface area contributed by atoms with Gasteiger partial charge in [-0.25, -0.2) is 0 Å². The molecule has 35 heavy (non-hydrogen) atoms. The van der Waals surface area contributed by atoms with Crippen LogP contribution >= 0.6 is 0 Å². The van der Waals surface area contributed by atoms with Gasteiger partial charge in [0.2, 0.25) is 5.91 Å². The number of hydrogen-bond donors (Lipinski definition) is 0. The van der Waals surface area contributed by atoms with Crippen molar-refractivity contribution < 1.29 is 9.59 Å². The summed E-state index contributed by atoms with van der Waals surface area (Å²) in [4.78, 5) is 34.8. The smallest absolute Gasteiger partial charge is 0.258 e. The largest absolute Gasteiger partial charge is 0.305 e. The van der Waals surface area contributed by atoms with Gasteiger partial charge in [-0.15, -0.1) is 0 Å². The normalized spacial score (nSPS) is 16.9. The van der Waals surface area contributed by atoms with Gasteiger partial charge in [-0.05, 0) is 49.2 Å². The van der Waals surface area contributed by atoms with E-state index in [1.54, 1.807) is 19.2 Å². The predicted molar refractivity (Wildman–Crippen MR) is 139 cm³/mol. The molecule has 0 aliphatic carbocycles. The van der Waals surface area contributed by atoms with Gasteiger partial charge in [-0.3, -0.25) is 14.6 Å². The molecule has 5 nitrogen and oxygen atoms in total. The number of pyridine rings is 1. The third-order valence-electron chi connectivity index (χ3n) is 6.54. The molecule has 3 aromatic carbocycles. The SMILES string of the molecule is CC(=O)N(c1ccccc1)[C@H]1C[C@@H](C)N(C(=O)c2ccnc(-c3ccccc3)c2)c2ccccc21. The van der Waals surface area contributed by atoms with E-state index in [0.29, 0.717) is 12.0 Å². The number of nitrogens with zero attached hydrogens (tertiary/aromatic N) is 3. The summed E-state index contributed by atoms with van der Waals surface area (Å²) in [5, 5.41) is 0. The molecule has 0 fully saturated rings. The molecule has 174 valence electrons. The number of anilines is 2. The first-order valence-corrected chi connectivity index (χ1v) is 11.8. The number of amides is 2. The molecule has 0 saturated heterocycles. The average molecular weight is 462 g/mol. The van der Waals surface area contributed by atoms with Crippen LogP contribution in [0.4, 0.5) is 11.4 Å². The van der Waals surface area contributed by atoms with Crippen LogP contribution < -0.4 is 9.80 Å². The summed E-state index contributed by atoms with van der Waals surface area (Å²) in [7, 11) is 0. The van der Waals surface area contributed by atoms with E-state index in [4.69, 9.17) is 0 Å². The van der Waals surface area contributed by atoms with Gasteiger partial charge in [0.25, 0.3) is 5.91 Å². The second kappa shape index (κ2) is 9.55. The Bertz CT molecular complexity index is 1350. The van der Waals surface area contributed by atoms with E-state index in [-0.39, 0.29) is 23.9 Å². The number of para-hydroxylation sites is 2. The lowest BCUT2D eigenvalue weighted by atomic mass is 9.89. The monoisotopic (exact) mass is 461 g/mol. The first-order chi connectivity index (χ1) is 17.0. The van der Waals surface area contributed by atoms with Crippen molar-refractivity contribution in [2.75, 3.05) is 9.80 Å². The Morgan fingerprint density at radius 3 is 2.26 bits per heavy atom. The first kappa shape index (κ1) is 22.5. The number of carbonyl (C=O) groups excluding carboxylic acids is 2. The van der Waals surface area contributed by atoms with E-state index in [0.717, 1.165) is 28.2 Å². The van der Waals surface area contributed by atoms with Gasteiger partial charge in [0.15, 0.2) is 0 Å². The topological polar surface area (TPSA) is 53.5 Å². The molecule has 0 N–H and O–H groups in total. The van der Waals surface area contributed by atoms with Crippen LogP contribution in [-0.4, -0.2) is 22.8 Å². The minimum Gasteiger partial charge on any atom is -0.305 e. The molecule has 0 radical (unpaired) electrons. The average Bonchev–Trinajstić information content (AvgIpc) is 2.89. The van der Waals surface area contributed by atoms with Crippen molar-refractivity contribution in [2.24, 2.45) is 0 Å². The van der Waals surface area contributed by atoms with Crippen LogP contribution in [0, 0.1) is 0 Å². The number of rotatable bonds is 4. The summed E-state index contributed by atoms with van der Waals surface area (Å²) in [6.45, 7) is 3.64. The van der Waals surface area contributed by atoms with Gasteiger partial charge in [-0.2, -0.15) is 0 Å². The van der Waals surface area contributed by atoms with Crippen molar-refractivity contribution in [3.63, 3.8) is 0 Å². The number of aromatic nitrogens is 1. The van der Waals surface area contributed by atoms with Crippen molar-refractivity contribution in [2.45, 2.75) is 32.4 Å². The Labute approximate surface area is 205 Å². The Balaban J connectivity index is 1.54. The van der Waals surface area contributed by atoms with E-state index < -0.39 is 0 Å². The maximum Gasteiger partial charge on any atom is 0.258 e. The highest BCUT2D eigenvalue weighted by Crippen LogP contribution is 2.42. The molecule has 4 aromatic rings. The maximum absolute atomic E-state index is 13.9. The van der Waals surface area contributed by atoms with Crippen LogP contribution in [0.1, 0.15) is 42.2 Å². The van der Waals surface area contributed by atoms with E-state index in [9.17, 15) is 9.59 Å². The molecule has 2 heterocycles. The molecule has 2 atom stereocenters. The summed E-state index contributed by atoms with van der Waals surface area (Å²) in [6.07, 6.45) is 2.32. The third-order valence-corrected chi connectivity index (χ3v) is 6.54. The van der Waals surface area contributed by atoms with Gasteiger partial charge >= 0.3 is 0 Å². The highest BCUT2D eigenvalue weighted by atomic mass is 16.2. The van der Waals surface area contributed by atoms with Crippen molar-refractivity contribution in [3.05, 3.63) is 114 Å². The van der Waals surface area contributed by atoms with E-state index >= 15 is 0 Å². The molecule has 1 aliphatic rings. The highest BCUT2D eigenvalue weighted by Gasteiger charge is 2.38. The zero-order valence-corrected chi connectivity index (χ0v) is 19.8. The van der Waals surface area contributed by atoms with E-state index in [2.05, 4.69) is 4.98 Å². The Morgan fingerprint density at radius 2 is 1.54 bits per heavy atom. The minimum atomic E-state index is -0.164. The zero-order chi connectivity index (χ0) is 24.4. The second-order valence-electron chi connectivity index (χ2n) is 8.85. The number of carbonyl (C=O) groups is 2. The van der Waals surface area contributed by atoms with Crippen LogP contribution in [0.5, 0.6) is 0 Å². The predicted octanol–water partition coefficient (Wildman–Crippen LogP) is 6.28. The van der Waals surface area contributed by atoms with Gasteiger partial charge in [0.05, 0.1) is 11.7 Å². The summed E-state index contributed by atoms with van der Waals surface area (Å²) in [5.74, 6) is -0.0957. The lowest BCUT2D eigenvalue weighted by molar-refractivity contribution is -0.117. The van der Waals surface area contributed by atoms with Crippen molar-refractivity contribution in [3.8, 4) is 11.3 Å². The van der Waals surface area contributed by atoms with Gasteiger partial charge in [0.1, 0.15) is 0 Å². The molecule has 1 aromatic heterocycles. The lowest BCUT2D eigenvalue weighted by Gasteiger charge is -2.43. The molecular weight excluding hydrogens is 434 g/mol. The van der Waals surface area contributed by atoms with Crippen molar-refractivity contribution in [1.29, 1.82) is 0 Å². The first-order valence-electron chi connectivity index (χ1n) is 11.8. The fourth-order valence-corrected chi connectivity index (χ4v) is 4.97. The quantitative estimate of drug-likeness (QED) is 0.359. The second-order valence-corrected chi connectivity index (χ2v) is 8.85. The van der Waals surface area contributed by atoms with Crippen LogP contribution in [-0.2, 0) is 4.79 Å². The number of fused-ring (bicyclic) bond motifs is 1. The molecule has 0 spiro atoms. The molecule has 5 rings (SSSR count). The van der Waals surface area contributed by atoms with Gasteiger partial charge < -0.3 is 9.80 Å². The number of benzene rings is 3. The van der Waals surface area contributed by atoms with E-state index in [1.807, 2.05) is 108 Å². The molecule has 1 aliphatic heterocycles. The van der Waals surface area contributed by atoms with Gasteiger partial charge in [-0.1, -0.05) is 66.7 Å². The number of hydrogen-bond acceptors (Lipinski definition) is 3. The summed E-state index contributed by atoms with van der Waals surface area (Å²) in [6, 6.07) is 30.8. The van der Waals surface area contributed by atoms with Crippen LogP contribution in [0.15, 0.2) is 103 Å². The molecule has 0 unspecified atom stereocenters. The summed E-state index contributed by atoms with van der Waals surface area (Å²) in [5.41, 5.74) is 4.98. The maximum atomic E-state index is 13.9. The Morgan fingerprint density at radius 1 is 0.886 bits per heavy atom. The molecule has 5 heteroatoms. The van der Waals surface area contributed by atoms with Gasteiger partial charge in [0, 0.05) is 41.7 Å². The van der Waals surface area contributed by atoms with Crippen LogP contribution in [0.25, 0.3) is 11.3 Å². The van der Waals surface area contributed by atoms with Crippen molar-refractivity contribution >= 4 is 23.2 Å². The fraction of sp³-hybridized carbons (Fsp3) is 0.167. The lowest BCUT2D eigenvalue weighted by Crippen LogP contribution is -2.47. The zero-order valence-electron chi connectivity index (χ0n) is 19.8. The third kappa shape index (κ3) is 4.33. The standard InChI is InChI=1S/C30H27N3O2/c1-21-19-29(33(22(2)34)25-13-7-4-8-14-25)26-15-9-10-16-28(26)32(21)30(35)24-17-18-31-27(20-24)23-11-5-3-6-12-23/h3-18,20-21,29H,19H2,1-2H3/t21-,29+/m1/s1. The molecule has 2 amide bonds. The fourth-order valence-electron chi connectivity index (χ4n) is 4.97. The Kier molecular flexibility index (Phi) is 6.15.